The van der Waals surface area contributed by atoms with E-state index in [9.17, 15) is 18.8 Å². The highest BCUT2D eigenvalue weighted by Crippen LogP contribution is 2.19. The molecule has 0 saturated carbocycles. The van der Waals surface area contributed by atoms with E-state index in [0.29, 0.717) is 23.4 Å². The third-order valence-corrected chi connectivity index (χ3v) is 5.06. The fourth-order valence-corrected chi connectivity index (χ4v) is 3.50. The molecular formula is C23H21FN4O3. The number of aromatic nitrogens is 2. The fourth-order valence-electron chi connectivity index (χ4n) is 3.50. The van der Waals surface area contributed by atoms with E-state index in [0.717, 1.165) is 11.3 Å². The molecule has 1 aliphatic heterocycles. The molecule has 1 saturated heterocycles. The SMILES string of the molecule is CCCc1[nH]n(-c2ccccc2)c(=O)c1C=C1NC(=O)N(Cc2ccccc2F)C1=O. The normalized spacial score (nSPS) is 15.0. The minimum atomic E-state index is -0.657. The molecule has 158 valence electrons. The number of hydrogen-bond donors (Lipinski definition) is 2. The van der Waals surface area contributed by atoms with Crippen LogP contribution in [0, 0.1) is 5.82 Å². The first-order chi connectivity index (χ1) is 15.0. The van der Waals surface area contributed by atoms with Crippen LogP contribution in [0.3, 0.4) is 0 Å². The van der Waals surface area contributed by atoms with Crippen LogP contribution in [0.15, 0.2) is 65.1 Å². The van der Waals surface area contributed by atoms with Crippen LogP contribution in [0.5, 0.6) is 0 Å². The Morgan fingerprint density at radius 1 is 1.00 bits per heavy atom. The van der Waals surface area contributed by atoms with Crippen molar-refractivity contribution in [2.45, 2.75) is 26.3 Å². The third kappa shape index (κ3) is 3.92. The smallest absolute Gasteiger partial charge is 0.303 e. The summed E-state index contributed by atoms with van der Waals surface area (Å²) in [6.45, 7) is 1.78. The van der Waals surface area contributed by atoms with E-state index < -0.39 is 17.8 Å². The zero-order valence-corrected chi connectivity index (χ0v) is 16.9. The number of aryl methyl sites for hydroxylation is 1. The number of nitrogens with one attached hydrogen (secondary N) is 2. The maximum absolute atomic E-state index is 14.0. The molecule has 0 aliphatic carbocycles. The Morgan fingerprint density at radius 2 is 1.71 bits per heavy atom. The second kappa shape index (κ2) is 8.43. The second-order valence-electron chi connectivity index (χ2n) is 7.20. The van der Waals surface area contributed by atoms with Crippen LogP contribution in [-0.2, 0) is 17.8 Å². The van der Waals surface area contributed by atoms with Gasteiger partial charge in [-0.1, -0.05) is 49.7 Å². The predicted molar refractivity (Wildman–Crippen MR) is 114 cm³/mol. The van der Waals surface area contributed by atoms with Gasteiger partial charge in [-0.3, -0.25) is 19.6 Å². The Labute approximate surface area is 177 Å². The van der Waals surface area contributed by atoms with E-state index in [1.165, 1.54) is 29.0 Å². The van der Waals surface area contributed by atoms with E-state index in [-0.39, 0.29) is 23.4 Å². The fraction of sp³-hybridized carbons (Fsp3) is 0.174. The molecule has 7 nitrogen and oxygen atoms in total. The summed E-state index contributed by atoms with van der Waals surface area (Å²) in [7, 11) is 0. The molecule has 0 unspecified atom stereocenters. The van der Waals surface area contributed by atoms with Crippen LogP contribution in [0.1, 0.15) is 30.2 Å². The van der Waals surface area contributed by atoms with Gasteiger partial charge in [0.05, 0.1) is 17.8 Å². The number of rotatable bonds is 6. The van der Waals surface area contributed by atoms with Crippen molar-refractivity contribution in [1.29, 1.82) is 0 Å². The molecule has 2 heterocycles. The lowest BCUT2D eigenvalue weighted by Crippen LogP contribution is -2.30. The number of carbonyl (C=O) groups is 2. The molecule has 1 aromatic heterocycles. The zero-order valence-electron chi connectivity index (χ0n) is 16.9. The third-order valence-electron chi connectivity index (χ3n) is 5.06. The molecule has 3 amide bonds. The van der Waals surface area contributed by atoms with Crippen LogP contribution in [0.2, 0.25) is 0 Å². The number of para-hydroxylation sites is 1. The van der Waals surface area contributed by atoms with E-state index in [2.05, 4.69) is 10.4 Å². The van der Waals surface area contributed by atoms with Crippen LogP contribution < -0.4 is 10.9 Å². The summed E-state index contributed by atoms with van der Waals surface area (Å²) in [4.78, 5) is 39.2. The maximum Gasteiger partial charge on any atom is 0.329 e. The van der Waals surface area contributed by atoms with Crippen molar-refractivity contribution in [3.63, 3.8) is 0 Å². The summed E-state index contributed by atoms with van der Waals surface area (Å²) in [6, 6.07) is 14.4. The number of benzene rings is 2. The highest BCUT2D eigenvalue weighted by atomic mass is 19.1. The van der Waals surface area contributed by atoms with Gasteiger partial charge in [0.15, 0.2) is 0 Å². The lowest BCUT2D eigenvalue weighted by molar-refractivity contribution is -0.123. The first-order valence-electron chi connectivity index (χ1n) is 9.97. The summed E-state index contributed by atoms with van der Waals surface area (Å²) in [5, 5.41) is 5.60. The van der Waals surface area contributed by atoms with Crippen molar-refractivity contribution >= 4 is 18.0 Å². The van der Waals surface area contributed by atoms with Crippen molar-refractivity contribution in [2.24, 2.45) is 0 Å². The van der Waals surface area contributed by atoms with Crippen LogP contribution in [-0.4, -0.2) is 26.6 Å². The summed E-state index contributed by atoms with van der Waals surface area (Å²) >= 11 is 0. The Bertz CT molecular complexity index is 1230. The van der Waals surface area contributed by atoms with Crippen molar-refractivity contribution < 1.29 is 14.0 Å². The highest BCUT2D eigenvalue weighted by molar-refractivity contribution is 6.13. The van der Waals surface area contributed by atoms with Gasteiger partial charge in [-0.15, -0.1) is 0 Å². The van der Waals surface area contributed by atoms with Gasteiger partial charge >= 0.3 is 6.03 Å². The topological polar surface area (TPSA) is 87.2 Å². The van der Waals surface area contributed by atoms with Gasteiger partial charge in [-0.05, 0) is 30.7 Å². The molecule has 4 rings (SSSR count). The van der Waals surface area contributed by atoms with Gasteiger partial charge in [-0.25, -0.2) is 13.9 Å². The molecule has 0 spiro atoms. The Kier molecular flexibility index (Phi) is 5.53. The molecular weight excluding hydrogens is 399 g/mol. The monoisotopic (exact) mass is 420 g/mol. The summed E-state index contributed by atoms with van der Waals surface area (Å²) < 4.78 is 15.4. The number of H-pyrrole nitrogens is 1. The molecule has 3 aromatic rings. The van der Waals surface area contributed by atoms with Crippen molar-refractivity contribution in [1.82, 2.24) is 20.0 Å². The van der Waals surface area contributed by atoms with Gasteiger partial charge in [0.2, 0.25) is 0 Å². The van der Waals surface area contributed by atoms with Crippen molar-refractivity contribution in [3.05, 3.63) is 93.3 Å². The van der Waals surface area contributed by atoms with Crippen LogP contribution in [0.4, 0.5) is 9.18 Å². The molecule has 2 N–H and O–H groups in total. The Balaban J connectivity index is 1.69. The highest BCUT2D eigenvalue weighted by Gasteiger charge is 2.34. The zero-order chi connectivity index (χ0) is 22.0. The number of halogens is 1. The van der Waals surface area contributed by atoms with Gasteiger partial charge in [0, 0.05) is 11.3 Å². The lowest BCUT2D eigenvalue weighted by atomic mass is 10.1. The Morgan fingerprint density at radius 3 is 2.42 bits per heavy atom. The number of carbonyl (C=O) groups excluding carboxylic acids is 2. The van der Waals surface area contributed by atoms with Gasteiger partial charge in [-0.2, -0.15) is 0 Å². The molecule has 31 heavy (non-hydrogen) atoms. The molecule has 2 aromatic carbocycles. The summed E-state index contributed by atoms with van der Waals surface area (Å²) in [5.74, 6) is -1.11. The van der Waals surface area contributed by atoms with Gasteiger partial charge in [0.25, 0.3) is 11.5 Å². The Hall–Kier alpha value is -3.94. The predicted octanol–water partition coefficient (Wildman–Crippen LogP) is 3.35. The summed E-state index contributed by atoms with van der Waals surface area (Å²) in [6.07, 6.45) is 2.77. The lowest BCUT2D eigenvalue weighted by Gasteiger charge is -2.12. The number of hydrogen-bond acceptors (Lipinski definition) is 3. The van der Waals surface area contributed by atoms with E-state index in [4.69, 9.17) is 0 Å². The van der Waals surface area contributed by atoms with E-state index in [1.54, 1.807) is 18.2 Å². The molecule has 0 bridgehead atoms. The van der Waals surface area contributed by atoms with Crippen molar-refractivity contribution in [3.8, 4) is 5.69 Å². The molecule has 8 heteroatoms. The largest absolute Gasteiger partial charge is 0.329 e. The summed E-state index contributed by atoms with van der Waals surface area (Å²) in [5.41, 5.74) is 1.52. The molecule has 1 fully saturated rings. The molecule has 0 atom stereocenters. The molecule has 0 radical (unpaired) electrons. The number of imide groups is 1. The van der Waals surface area contributed by atoms with Crippen molar-refractivity contribution in [2.75, 3.05) is 0 Å². The van der Waals surface area contributed by atoms with Gasteiger partial charge in [0.1, 0.15) is 11.5 Å². The molecule has 1 aliphatic rings. The number of nitrogens with zero attached hydrogens (tertiary/aromatic N) is 2. The maximum atomic E-state index is 14.0. The van der Waals surface area contributed by atoms with E-state index in [1.807, 2.05) is 25.1 Å². The number of urea groups is 1. The second-order valence-corrected chi connectivity index (χ2v) is 7.20. The van der Waals surface area contributed by atoms with Gasteiger partial charge < -0.3 is 5.32 Å². The van der Waals surface area contributed by atoms with E-state index >= 15 is 0 Å². The first kappa shape index (κ1) is 20.3. The quantitative estimate of drug-likeness (QED) is 0.474. The number of amides is 3. The minimum absolute atomic E-state index is 0.0185. The van der Waals surface area contributed by atoms with Crippen LogP contribution >= 0.6 is 0 Å². The average Bonchev–Trinajstić information content (AvgIpc) is 3.22. The minimum Gasteiger partial charge on any atom is -0.303 e. The first-order valence-corrected chi connectivity index (χ1v) is 9.97. The number of aromatic amines is 1. The standard InChI is InChI=1S/C23H21FN4O3/c1-2-8-19-17(21(29)28(26-19)16-10-4-3-5-11-16)13-20-22(30)27(23(31)25-20)14-15-9-6-7-12-18(15)24/h3-7,9-13,26H,2,8,14H2,1H3,(H,25,31). The average molecular weight is 420 g/mol. The van der Waals surface area contributed by atoms with Crippen LogP contribution in [0.25, 0.3) is 11.8 Å².